The van der Waals surface area contributed by atoms with Crippen LogP contribution in [0.4, 0.5) is 11.4 Å². The van der Waals surface area contributed by atoms with E-state index in [4.69, 9.17) is 9.47 Å². The zero-order valence-corrected chi connectivity index (χ0v) is 15.6. The van der Waals surface area contributed by atoms with Crippen LogP contribution in [0.25, 0.3) is 0 Å². The molecule has 0 atom stereocenters. The summed E-state index contributed by atoms with van der Waals surface area (Å²) in [7, 11) is 0. The molecule has 1 heterocycles. The Balaban J connectivity index is 1.66. The first-order valence-corrected chi connectivity index (χ1v) is 9.04. The van der Waals surface area contributed by atoms with Crippen molar-refractivity contribution in [3.8, 4) is 5.75 Å². The second-order valence-electron chi connectivity index (χ2n) is 6.74. The molecule has 0 saturated carbocycles. The molecule has 1 aliphatic rings. The molecule has 138 valence electrons. The topological polar surface area (TPSA) is 50.8 Å². The zero-order valence-electron chi connectivity index (χ0n) is 15.6. The highest BCUT2D eigenvalue weighted by Gasteiger charge is 2.13. The van der Waals surface area contributed by atoms with Crippen molar-refractivity contribution in [2.75, 3.05) is 36.5 Å². The molecule has 5 nitrogen and oxygen atoms in total. The van der Waals surface area contributed by atoms with Gasteiger partial charge in [0.15, 0.2) is 0 Å². The lowest BCUT2D eigenvalue weighted by Gasteiger charge is -2.28. The van der Waals surface area contributed by atoms with E-state index in [-0.39, 0.29) is 12.0 Å². The van der Waals surface area contributed by atoms with Crippen molar-refractivity contribution in [2.24, 2.45) is 0 Å². The highest BCUT2D eigenvalue weighted by atomic mass is 16.5. The van der Waals surface area contributed by atoms with Crippen LogP contribution < -0.4 is 15.0 Å². The van der Waals surface area contributed by atoms with Crippen LogP contribution in [0.1, 0.15) is 29.8 Å². The molecule has 1 N–H and O–H groups in total. The number of ether oxygens (including phenoxy) is 2. The molecule has 0 bridgehead atoms. The molecule has 0 aromatic heterocycles. The number of morpholine rings is 1. The Morgan fingerprint density at radius 2 is 1.81 bits per heavy atom. The summed E-state index contributed by atoms with van der Waals surface area (Å²) in [6, 6.07) is 13.4. The Hall–Kier alpha value is -2.53. The van der Waals surface area contributed by atoms with E-state index in [2.05, 4.69) is 10.2 Å². The summed E-state index contributed by atoms with van der Waals surface area (Å²) in [5.41, 5.74) is 3.53. The normalized spacial score (nSPS) is 14.4. The van der Waals surface area contributed by atoms with Crippen LogP contribution in [0.15, 0.2) is 42.5 Å². The maximum absolute atomic E-state index is 12.5. The van der Waals surface area contributed by atoms with Gasteiger partial charge < -0.3 is 19.7 Å². The number of rotatable bonds is 5. The Morgan fingerprint density at radius 1 is 1.12 bits per heavy atom. The van der Waals surface area contributed by atoms with Gasteiger partial charge in [-0.3, -0.25) is 4.79 Å². The minimum absolute atomic E-state index is 0.112. The maximum atomic E-state index is 12.5. The number of benzene rings is 2. The first kappa shape index (κ1) is 18.3. The molecule has 2 aromatic rings. The summed E-state index contributed by atoms with van der Waals surface area (Å²) in [6.07, 6.45) is 0.125. The number of aryl methyl sites for hydroxylation is 1. The fraction of sp³-hybridized carbons (Fsp3) is 0.381. The van der Waals surface area contributed by atoms with E-state index < -0.39 is 0 Å². The van der Waals surface area contributed by atoms with Gasteiger partial charge in [-0.05, 0) is 68.8 Å². The van der Waals surface area contributed by atoms with Crippen molar-refractivity contribution >= 4 is 17.3 Å². The number of carbonyl (C=O) groups is 1. The molecule has 26 heavy (non-hydrogen) atoms. The van der Waals surface area contributed by atoms with Gasteiger partial charge in [-0.1, -0.05) is 0 Å². The van der Waals surface area contributed by atoms with Crippen LogP contribution >= 0.6 is 0 Å². The highest BCUT2D eigenvalue weighted by molar-refractivity contribution is 6.04. The molecule has 3 rings (SSSR count). The largest absolute Gasteiger partial charge is 0.491 e. The highest BCUT2D eigenvalue weighted by Crippen LogP contribution is 2.23. The van der Waals surface area contributed by atoms with Crippen molar-refractivity contribution in [3.05, 3.63) is 53.6 Å². The molecule has 0 spiro atoms. The van der Waals surface area contributed by atoms with E-state index in [1.165, 1.54) is 0 Å². The van der Waals surface area contributed by atoms with Crippen LogP contribution in [-0.2, 0) is 4.74 Å². The van der Waals surface area contributed by atoms with Crippen molar-refractivity contribution in [2.45, 2.75) is 26.9 Å². The molecule has 0 aliphatic carbocycles. The molecule has 2 aromatic carbocycles. The summed E-state index contributed by atoms with van der Waals surface area (Å²) < 4.78 is 11.1. The minimum atomic E-state index is -0.112. The SMILES string of the molecule is Cc1cc(OC(C)C)ccc1NC(=O)c1ccc(N2CCOCC2)cc1. The van der Waals surface area contributed by atoms with E-state index in [0.717, 1.165) is 49.0 Å². The second kappa shape index (κ2) is 8.23. The number of carbonyl (C=O) groups excluding carboxylic acids is 1. The van der Waals surface area contributed by atoms with Gasteiger partial charge in [0.1, 0.15) is 5.75 Å². The third kappa shape index (κ3) is 4.55. The van der Waals surface area contributed by atoms with Gasteiger partial charge in [-0.15, -0.1) is 0 Å². The number of amides is 1. The van der Waals surface area contributed by atoms with Gasteiger partial charge in [0.25, 0.3) is 5.91 Å². The lowest BCUT2D eigenvalue weighted by Crippen LogP contribution is -2.36. The summed E-state index contributed by atoms with van der Waals surface area (Å²) >= 11 is 0. The van der Waals surface area contributed by atoms with E-state index in [1.54, 1.807) is 0 Å². The monoisotopic (exact) mass is 354 g/mol. The van der Waals surface area contributed by atoms with Crippen LogP contribution in [0.3, 0.4) is 0 Å². The average molecular weight is 354 g/mol. The third-order valence-corrected chi connectivity index (χ3v) is 4.32. The first-order valence-electron chi connectivity index (χ1n) is 9.04. The smallest absolute Gasteiger partial charge is 0.255 e. The Bertz CT molecular complexity index is 750. The maximum Gasteiger partial charge on any atom is 0.255 e. The number of hydrogen-bond acceptors (Lipinski definition) is 4. The molecule has 5 heteroatoms. The van der Waals surface area contributed by atoms with Crippen LogP contribution in [-0.4, -0.2) is 38.3 Å². The van der Waals surface area contributed by atoms with Crippen molar-refractivity contribution in [1.82, 2.24) is 0 Å². The molecule has 0 radical (unpaired) electrons. The van der Waals surface area contributed by atoms with E-state index in [9.17, 15) is 4.79 Å². The van der Waals surface area contributed by atoms with E-state index in [0.29, 0.717) is 5.56 Å². The lowest BCUT2D eigenvalue weighted by molar-refractivity contribution is 0.102. The molecular weight excluding hydrogens is 328 g/mol. The fourth-order valence-electron chi connectivity index (χ4n) is 2.96. The molecule has 1 saturated heterocycles. The molecule has 1 aliphatic heterocycles. The number of anilines is 2. The number of hydrogen-bond donors (Lipinski definition) is 1. The number of nitrogens with zero attached hydrogens (tertiary/aromatic N) is 1. The van der Waals surface area contributed by atoms with Crippen LogP contribution in [0, 0.1) is 6.92 Å². The summed E-state index contributed by atoms with van der Waals surface area (Å²) in [6.45, 7) is 9.21. The lowest BCUT2D eigenvalue weighted by atomic mass is 10.1. The summed E-state index contributed by atoms with van der Waals surface area (Å²) in [5, 5.41) is 2.98. The zero-order chi connectivity index (χ0) is 18.5. The van der Waals surface area contributed by atoms with Gasteiger partial charge in [0, 0.05) is 30.0 Å². The molecule has 1 amide bonds. The van der Waals surface area contributed by atoms with E-state index in [1.807, 2.05) is 63.2 Å². The molecule has 1 fully saturated rings. The molecular formula is C21H26N2O3. The Kier molecular flexibility index (Phi) is 5.78. The van der Waals surface area contributed by atoms with Crippen LogP contribution in [0.2, 0.25) is 0 Å². The number of nitrogens with one attached hydrogen (secondary N) is 1. The fourth-order valence-corrected chi connectivity index (χ4v) is 2.96. The van der Waals surface area contributed by atoms with Crippen molar-refractivity contribution < 1.29 is 14.3 Å². The summed E-state index contributed by atoms with van der Waals surface area (Å²) in [5.74, 6) is 0.699. The Labute approximate surface area is 154 Å². The molecule has 0 unspecified atom stereocenters. The predicted octanol–water partition coefficient (Wildman–Crippen LogP) is 3.87. The van der Waals surface area contributed by atoms with Gasteiger partial charge >= 0.3 is 0 Å². The average Bonchev–Trinajstić information content (AvgIpc) is 2.64. The van der Waals surface area contributed by atoms with Gasteiger partial charge in [-0.25, -0.2) is 0 Å². The minimum Gasteiger partial charge on any atom is -0.491 e. The summed E-state index contributed by atoms with van der Waals surface area (Å²) in [4.78, 5) is 14.8. The van der Waals surface area contributed by atoms with Gasteiger partial charge in [0.2, 0.25) is 0 Å². The van der Waals surface area contributed by atoms with Gasteiger partial charge in [0.05, 0.1) is 19.3 Å². The van der Waals surface area contributed by atoms with Crippen molar-refractivity contribution in [3.63, 3.8) is 0 Å². The quantitative estimate of drug-likeness (QED) is 0.885. The standard InChI is InChI=1S/C21H26N2O3/c1-15(2)26-19-8-9-20(16(3)14-19)22-21(24)17-4-6-18(7-5-17)23-10-12-25-13-11-23/h4-9,14-15H,10-13H2,1-3H3,(H,22,24). The third-order valence-electron chi connectivity index (χ3n) is 4.32. The van der Waals surface area contributed by atoms with Gasteiger partial charge in [-0.2, -0.15) is 0 Å². The van der Waals surface area contributed by atoms with Crippen molar-refractivity contribution in [1.29, 1.82) is 0 Å². The van der Waals surface area contributed by atoms with E-state index >= 15 is 0 Å². The first-order chi connectivity index (χ1) is 12.5. The second-order valence-corrected chi connectivity index (χ2v) is 6.74. The Morgan fingerprint density at radius 3 is 2.42 bits per heavy atom. The predicted molar refractivity (Wildman–Crippen MR) is 104 cm³/mol. The van der Waals surface area contributed by atoms with Crippen LogP contribution in [0.5, 0.6) is 5.75 Å².